The smallest absolute Gasteiger partial charge is 0.152 e. The van der Waals surface area contributed by atoms with Gasteiger partial charge in [0.05, 0.1) is 20.9 Å². The van der Waals surface area contributed by atoms with E-state index in [1.54, 1.807) is 11.3 Å². The Hall–Kier alpha value is -2.07. The largest absolute Gasteiger partial charge is 0.455 e. The molecule has 3 rings (SSSR count). The Bertz CT molecular complexity index is 692. The molecule has 2 aromatic carbocycles. The van der Waals surface area contributed by atoms with E-state index in [0.717, 1.165) is 21.0 Å². The van der Waals surface area contributed by atoms with E-state index < -0.39 is 0 Å². The number of anilines is 1. The summed E-state index contributed by atoms with van der Waals surface area (Å²) in [6.07, 6.45) is 0. The predicted octanol–water partition coefficient (Wildman–Crippen LogP) is 3.98. The number of para-hydroxylation sites is 1. The highest BCUT2D eigenvalue weighted by Gasteiger charge is 2.07. The lowest BCUT2D eigenvalue weighted by molar-refractivity contribution is 0.486. The fraction of sp³-hybridized carbons (Fsp3) is 0.0714. The minimum absolute atomic E-state index is 0.634. The first-order valence-corrected chi connectivity index (χ1v) is 6.43. The summed E-state index contributed by atoms with van der Waals surface area (Å²) in [6, 6.07) is 13.4. The van der Waals surface area contributed by atoms with Crippen LogP contribution < -0.4 is 10.5 Å². The zero-order valence-electron chi connectivity index (χ0n) is 9.88. The summed E-state index contributed by atoms with van der Waals surface area (Å²) >= 11 is 1.63. The maximum absolute atomic E-state index is 6.00. The summed E-state index contributed by atoms with van der Waals surface area (Å²) in [5.74, 6) is 1.43. The molecule has 1 heterocycles. The Morgan fingerprint density at radius 2 is 1.94 bits per heavy atom. The van der Waals surface area contributed by atoms with E-state index in [4.69, 9.17) is 10.5 Å². The third kappa shape index (κ3) is 2.02. The molecule has 0 saturated heterocycles. The molecule has 0 fully saturated rings. The number of nitrogen functional groups attached to an aromatic ring is 1. The van der Waals surface area contributed by atoms with Crippen molar-refractivity contribution >= 4 is 27.2 Å². The van der Waals surface area contributed by atoms with Crippen LogP contribution >= 0.6 is 11.3 Å². The minimum atomic E-state index is 0.634. The molecule has 90 valence electrons. The van der Waals surface area contributed by atoms with E-state index in [-0.39, 0.29) is 0 Å². The number of thiazole rings is 1. The topological polar surface area (TPSA) is 48.1 Å². The molecule has 4 heteroatoms. The lowest BCUT2D eigenvalue weighted by Crippen LogP contribution is -1.91. The van der Waals surface area contributed by atoms with Crippen LogP contribution in [0.5, 0.6) is 11.5 Å². The van der Waals surface area contributed by atoms with Crippen LogP contribution in [0.2, 0.25) is 0 Å². The van der Waals surface area contributed by atoms with Gasteiger partial charge in [-0.15, -0.1) is 11.3 Å². The van der Waals surface area contributed by atoms with Crippen molar-refractivity contribution in [1.29, 1.82) is 0 Å². The van der Waals surface area contributed by atoms with Gasteiger partial charge in [0.2, 0.25) is 0 Å². The molecule has 0 radical (unpaired) electrons. The Morgan fingerprint density at radius 1 is 1.17 bits per heavy atom. The lowest BCUT2D eigenvalue weighted by Gasteiger charge is -2.07. The molecule has 2 N–H and O–H groups in total. The molecular weight excluding hydrogens is 244 g/mol. The van der Waals surface area contributed by atoms with Gasteiger partial charge in [-0.2, -0.15) is 0 Å². The fourth-order valence-corrected chi connectivity index (χ4v) is 2.65. The van der Waals surface area contributed by atoms with Crippen molar-refractivity contribution in [2.24, 2.45) is 0 Å². The van der Waals surface area contributed by atoms with Crippen LogP contribution in [-0.4, -0.2) is 4.98 Å². The maximum Gasteiger partial charge on any atom is 0.152 e. The van der Waals surface area contributed by atoms with Crippen molar-refractivity contribution in [3.8, 4) is 11.5 Å². The van der Waals surface area contributed by atoms with Gasteiger partial charge in [-0.1, -0.05) is 18.2 Å². The molecule has 1 aromatic heterocycles. The number of ether oxygens (including phenoxy) is 1. The van der Waals surface area contributed by atoms with Crippen LogP contribution in [0.1, 0.15) is 5.01 Å². The normalized spacial score (nSPS) is 10.7. The van der Waals surface area contributed by atoms with E-state index >= 15 is 0 Å². The number of rotatable bonds is 2. The molecule has 0 bridgehead atoms. The number of aromatic nitrogens is 1. The Morgan fingerprint density at radius 3 is 2.72 bits per heavy atom. The molecule has 18 heavy (non-hydrogen) atoms. The van der Waals surface area contributed by atoms with Gasteiger partial charge in [0, 0.05) is 6.07 Å². The van der Waals surface area contributed by atoms with Crippen LogP contribution in [0.15, 0.2) is 42.5 Å². The molecule has 0 aliphatic carbocycles. The van der Waals surface area contributed by atoms with E-state index in [1.807, 2.05) is 49.4 Å². The van der Waals surface area contributed by atoms with E-state index in [2.05, 4.69) is 4.98 Å². The van der Waals surface area contributed by atoms with Gasteiger partial charge >= 0.3 is 0 Å². The van der Waals surface area contributed by atoms with Gasteiger partial charge in [0.25, 0.3) is 0 Å². The Balaban J connectivity index is 2.03. The van der Waals surface area contributed by atoms with E-state index in [9.17, 15) is 0 Å². The quantitative estimate of drug-likeness (QED) is 0.705. The highest BCUT2D eigenvalue weighted by Crippen LogP contribution is 2.33. The highest BCUT2D eigenvalue weighted by atomic mass is 32.1. The number of aryl methyl sites for hydroxylation is 1. The van der Waals surface area contributed by atoms with Gasteiger partial charge < -0.3 is 10.5 Å². The van der Waals surface area contributed by atoms with E-state index in [0.29, 0.717) is 11.4 Å². The molecular formula is C14H12N2OS. The second-order valence-corrected chi connectivity index (χ2v) is 5.24. The van der Waals surface area contributed by atoms with Gasteiger partial charge in [-0.05, 0) is 25.1 Å². The third-order valence-corrected chi connectivity index (χ3v) is 3.53. The number of hydrogen-bond donors (Lipinski definition) is 1. The number of nitrogens with two attached hydrogens (primary N) is 1. The van der Waals surface area contributed by atoms with Crippen molar-refractivity contribution in [2.45, 2.75) is 6.92 Å². The third-order valence-electron chi connectivity index (χ3n) is 2.60. The van der Waals surface area contributed by atoms with Gasteiger partial charge in [-0.25, -0.2) is 4.98 Å². The summed E-state index contributed by atoms with van der Waals surface area (Å²) < 4.78 is 6.85. The molecule has 0 amide bonds. The first-order valence-electron chi connectivity index (χ1n) is 5.62. The summed E-state index contributed by atoms with van der Waals surface area (Å²) in [6.45, 7) is 1.98. The van der Waals surface area contributed by atoms with Crippen molar-refractivity contribution in [2.75, 3.05) is 5.73 Å². The van der Waals surface area contributed by atoms with Crippen molar-refractivity contribution in [3.05, 3.63) is 47.5 Å². The number of nitrogens with zero attached hydrogens (tertiary/aromatic N) is 1. The summed E-state index contributed by atoms with van der Waals surface area (Å²) in [4.78, 5) is 4.44. The molecule has 3 aromatic rings. The van der Waals surface area contributed by atoms with Crippen molar-refractivity contribution in [1.82, 2.24) is 4.98 Å². The average molecular weight is 256 g/mol. The highest BCUT2D eigenvalue weighted by molar-refractivity contribution is 7.18. The van der Waals surface area contributed by atoms with E-state index in [1.165, 1.54) is 0 Å². The van der Waals surface area contributed by atoms with Crippen LogP contribution in [0.25, 0.3) is 10.2 Å². The van der Waals surface area contributed by atoms with Crippen LogP contribution in [0.3, 0.4) is 0 Å². The Labute approximate surface area is 109 Å². The van der Waals surface area contributed by atoms with Gasteiger partial charge in [0.1, 0.15) is 5.75 Å². The monoisotopic (exact) mass is 256 g/mol. The molecule has 0 spiro atoms. The molecule has 0 atom stereocenters. The SMILES string of the molecule is Cc1nc2cc(Oc3ccccc3)c(N)cc2s1. The summed E-state index contributed by atoms with van der Waals surface area (Å²) in [5, 5.41) is 1.03. The second kappa shape index (κ2) is 4.31. The molecule has 0 saturated carbocycles. The van der Waals surface area contributed by atoms with Crippen LogP contribution in [-0.2, 0) is 0 Å². The predicted molar refractivity (Wildman–Crippen MR) is 75.3 cm³/mol. The average Bonchev–Trinajstić information content (AvgIpc) is 2.70. The number of benzene rings is 2. The van der Waals surface area contributed by atoms with Crippen molar-refractivity contribution in [3.63, 3.8) is 0 Å². The summed E-state index contributed by atoms with van der Waals surface area (Å²) in [7, 11) is 0. The fourth-order valence-electron chi connectivity index (χ4n) is 1.79. The zero-order valence-corrected chi connectivity index (χ0v) is 10.7. The Kier molecular flexibility index (Phi) is 2.64. The molecule has 0 unspecified atom stereocenters. The first kappa shape index (κ1) is 11.0. The van der Waals surface area contributed by atoms with Crippen molar-refractivity contribution < 1.29 is 4.74 Å². The lowest BCUT2D eigenvalue weighted by atomic mass is 10.2. The van der Waals surface area contributed by atoms with Gasteiger partial charge in [-0.3, -0.25) is 0 Å². The number of fused-ring (bicyclic) bond motifs is 1. The minimum Gasteiger partial charge on any atom is -0.455 e. The van der Waals surface area contributed by atoms with Gasteiger partial charge in [0.15, 0.2) is 5.75 Å². The summed E-state index contributed by atoms with van der Waals surface area (Å²) in [5.41, 5.74) is 7.56. The molecule has 0 aliphatic heterocycles. The van der Waals surface area contributed by atoms with Crippen LogP contribution in [0.4, 0.5) is 5.69 Å². The standard InChI is InChI=1S/C14H12N2OS/c1-9-16-12-8-13(11(15)7-14(12)18-9)17-10-5-3-2-4-6-10/h2-8H,15H2,1H3. The van der Waals surface area contributed by atoms with Crippen LogP contribution in [0, 0.1) is 6.92 Å². The first-order chi connectivity index (χ1) is 8.72. The number of hydrogen-bond acceptors (Lipinski definition) is 4. The molecule has 3 nitrogen and oxygen atoms in total. The second-order valence-electron chi connectivity index (χ2n) is 4.01. The zero-order chi connectivity index (χ0) is 12.5. The molecule has 0 aliphatic rings. The maximum atomic E-state index is 6.00.